The average molecular weight is 247 g/mol. The minimum Gasteiger partial charge on any atom is -0.314 e. The molecule has 1 heterocycles. The number of aromatic nitrogens is 1. The monoisotopic (exact) mass is 247 g/mol. The fourth-order valence-corrected chi connectivity index (χ4v) is 2.06. The molecule has 1 unspecified atom stereocenters. The lowest BCUT2D eigenvalue weighted by Gasteiger charge is -2.24. The molecule has 18 heavy (non-hydrogen) atoms. The molecule has 3 heteroatoms. The minimum atomic E-state index is 0.639. The number of hydrogen-bond donors (Lipinski definition) is 1. The Balaban J connectivity index is 1.61. The number of pyridine rings is 1. The summed E-state index contributed by atoms with van der Waals surface area (Å²) in [5, 5.41) is 3.58. The molecule has 1 aromatic heterocycles. The number of rotatable bonds is 8. The van der Waals surface area contributed by atoms with E-state index in [4.69, 9.17) is 0 Å². The summed E-state index contributed by atoms with van der Waals surface area (Å²) in [6.45, 7) is 4.55. The van der Waals surface area contributed by atoms with E-state index in [1.165, 1.54) is 25.0 Å². The zero-order valence-corrected chi connectivity index (χ0v) is 11.6. The Bertz CT molecular complexity index is 335. The zero-order chi connectivity index (χ0) is 12.8. The summed E-state index contributed by atoms with van der Waals surface area (Å²) >= 11 is 0. The molecule has 2 rings (SSSR count). The molecule has 1 aliphatic carbocycles. The van der Waals surface area contributed by atoms with Crippen LogP contribution in [0.4, 0.5) is 0 Å². The first-order valence-electron chi connectivity index (χ1n) is 7.09. The van der Waals surface area contributed by atoms with Crippen LogP contribution in [0.5, 0.6) is 0 Å². The van der Waals surface area contributed by atoms with E-state index in [-0.39, 0.29) is 0 Å². The Hall–Kier alpha value is -0.930. The van der Waals surface area contributed by atoms with E-state index in [1.54, 1.807) is 0 Å². The molecule has 1 aliphatic rings. The lowest BCUT2D eigenvalue weighted by molar-refractivity contribution is 0.246. The molecule has 0 aromatic carbocycles. The van der Waals surface area contributed by atoms with E-state index in [0.29, 0.717) is 6.04 Å². The average Bonchev–Trinajstić information content (AvgIpc) is 3.21. The summed E-state index contributed by atoms with van der Waals surface area (Å²) in [4.78, 5) is 6.80. The number of nitrogens with zero attached hydrogens (tertiary/aromatic N) is 2. The van der Waals surface area contributed by atoms with Gasteiger partial charge in [-0.15, -0.1) is 0 Å². The van der Waals surface area contributed by atoms with Gasteiger partial charge in [0.2, 0.25) is 0 Å². The van der Waals surface area contributed by atoms with E-state index in [1.807, 2.05) is 12.3 Å². The van der Waals surface area contributed by atoms with Crippen LogP contribution in [-0.2, 0) is 6.42 Å². The highest BCUT2D eigenvalue weighted by Crippen LogP contribution is 2.18. The number of nitrogens with one attached hydrogen (secondary N) is 1. The second-order valence-corrected chi connectivity index (χ2v) is 5.42. The van der Waals surface area contributed by atoms with Gasteiger partial charge in [0.15, 0.2) is 0 Å². The van der Waals surface area contributed by atoms with Gasteiger partial charge in [-0.25, -0.2) is 0 Å². The van der Waals surface area contributed by atoms with Gasteiger partial charge in [-0.1, -0.05) is 6.07 Å². The molecule has 3 nitrogen and oxygen atoms in total. The molecule has 1 N–H and O–H groups in total. The molecule has 0 radical (unpaired) electrons. The third-order valence-electron chi connectivity index (χ3n) is 3.77. The van der Waals surface area contributed by atoms with E-state index >= 15 is 0 Å². The molecule has 1 aromatic rings. The Morgan fingerprint density at radius 3 is 2.94 bits per heavy atom. The van der Waals surface area contributed by atoms with E-state index in [2.05, 4.69) is 41.3 Å². The quantitative estimate of drug-likeness (QED) is 0.762. The second kappa shape index (κ2) is 6.86. The maximum atomic E-state index is 4.36. The summed E-state index contributed by atoms with van der Waals surface area (Å²) in [6.07, 6.45) is 6.90. The smallest absolute Gasteiger partial charge is 0.0416 e. The molecular formula is C15H25N3. The van der Waals surface area contributed by atoms with Crippen molar-refractivity contribution in [3.8, 4) is 0 Å². The molecule has 1 fully saturated rings. The fourth-order valence-electron chi connectivity index (χ4n) is 2.06. The van der Waals surface area contributed by atoms with Crippen LogP contribution in [0.15, 0.2) is 24.4 Å². The highest BCUT2D eigenvalue weighted by Gasteiger charge is 2.20. The molecule has 1 saturated carbocycles. The van der Waals surface area contributed by atoms with Crippen molar-refractivity contribution in [2.75, 3.05) is 20.1 Å². The topological polar surface area (TPSA) is 28.2 Å². The van der Waals surface area contributed by atoms with Crippen LogP contribution in [0, 0.1) is 0 Å². The normalized spacial score (nSPS) is 17.1. The molecule has 0 saturated heterocycles. The number of hydrogen-bond acceptors (Lipinski definition) is 3. The van der Waals surface area contributed by atoms with Gasteiger partial charge < -0.3 is 10.2 Å². The van der Waals surface area contributed by atoms with Crippen molar-refractivity contribution in [1.82, 2.24) is 15.2 Å². The first-order valence-corrected chi connectivity index (χ1v) is 7.09. The van der Waals surface area contributed by atoms with Crippen LogP contribution in [0.3, 0.4) is 0 Å². The zero-order valence-electron chi connectivity index (χ0n) is 11.6. The third kappa shape index (κ3) is 4.75. The lowest BCUT2D eigenvalue weighted by atomic mass is 10.2. The maximum Gasteiger partial charge on any atom is 0.0416 e. The van der Waals surface area contributed by atoms with Crippen molar-refractivity contribution in [2.24, 2.45) is 0 Å². The van der Waals surface area contributed by atoms with Crippen LogP contribution < -0.4 is 5.32 Å². The molecule has 0 aliphatic heterocycles. The lowest BCUT2D eigenvalue weighted by Crippen LogP contribution is -2.34. The van der Waals surface area contributed by atoms with Crippen molar-refractivity contribution in [1.29, 1.82) is 0 Å². The predicted octanol–water partition coefficient (Wildman–Crippen LogP) is 2.09. The van der Waals surface area contributed by atoms with Crippen LogP contribution in [-0.4, -0.2) is 42.1 Å². The van der Waals surface area contributed by atoms with E-state index in [9.17, 15) is 0 Å². The molecule has 0 amide bonds. The Kier molecular flexibility index (Phi) is 5.14. The van der Waals surface area contributed by atoms with Crippen LogP contribution in [0.2, 0.25) is 0 Å². The molecular weight excluding hydrogens is 222 g/mol. The van der Waals surface area contributed by atoms with Crippen molar-refractivity contribution < 1.29 is 0 Å². The van der Waals surface area contributed by atoms with E-state index in [0.717, 1.165) is 25.6 Å². The second-order valence-electron chi connectivity index (χ2n) is 5.42. The first-order chi connectivity index (χ1) is 8.75. The van der Waals surface area contributed by atoms with E-state index < -0.39 is 0 Å². The fraction of sp³-hybridized carbons (Fsp3) is 0.667. The van der Waals surface area contributed by atoms with Gasteiger partial charge in [0, 0.05) is 36.9 Å². The van der Waals surface area contributed by atoms with Gasteiger partial charge in [0.1, 0.15) is 0 Å². The largest absolute Gasteiger partial charge is 0.314 e. The molecule has 0 spiro atoms. The van der Waals surface area contributed by atoms with Crippen LogP contribution >= 0.6 is 0 Å². The minimum absolute atomic E-state index is 0.639. The SMILES string of the molecule is CC(CCNC1CC1)N(C)CCc1ccccn1. The highest BCUT2D eigenvalue weighted by molar-refractivity contribution is 5.03. The first kappa shape index (κ1) is 13.5. The van der Waals surface area contributed by atoms with Crippen molar-refractivity contribution in [2.45, 2.75) is 44.7 Å². The predicted molar refractivity (Wildman–Crippen MR) is 75.7 cm³/mol. The molecule has 1 atom stereocenters. The summed E-state index contributed by atoms with van der Waals surface area (Å²) in [7, 11) is 2.21. The van der Waals surface area contributed by atoms with Crippen molar-refractivity contribution in [3.05, 3.63) is 30.1 Å². The summed E-state index contributed by atoms with van der Waals surface area (Å²) in [5.74, 6) is 0. The van der Waals surface area contributed by atoms with Crippen molar-refractivity contribution in [3.63, 3.8) is 0 Å². The van der Waals surface area contributed by atoms with Gasteiger partial charge >= 0.3 is 0 Å². The van der Waals surface area contributed by atoms with Gasteiger partial charge in [0.25, 0.3) is 0 Å². The van der Waals surface area contributed by atoms with Crippen LogP contribution in [0.25, 0.3) is 0 Å². The summed E-state index contributed by atoms with van der Waals surface area (Å²) in [5.41, 5.74) is 1.19. The third-order valence-corrected chi connectivity index (χ3v) is 3.77. The van der Waals surface area contributed by atoms with Gasteiger partial charge in [0.05, 0.1) is 0 Å². The standard InChI is InChI=1S/C15H25N3/c1-13(8-11-17-15-6-7-15)18(2)12-9-14-5-3-4-10-16-14/h3-5,10,13,15,17H,6-9,11-12H2,1-2H3. The van der Waals surface area contributed by atoms with Gasteiger partial charge in [-0.05, 0) is 51.9 Å². The molecule has 100 valence electrons. The number of likely N-dealkylation sites (N-methyl/N-ethyl adjacent to an activating group) is 1. The van der Waals surface area contributed by atoms with Gasteiger partial charge in [-0.2, -0.15) is 0 Å². The Labute approximate surface area is 111 Å². The summed E-state index contributed by atoms with van der Waals surface area (Å²) < 4.78 is 0. The van der Waals surface area contributed by atoms with Gasteiger partial charge in [-0.3, -0.25) is 4.98 Å². The highest BCUT2D eigenvalue weighted by atomic mass is 15.1. The van der Waals surface area contributed by atoms with Crippen molar-refractivity contribution >= 4 is 0 Å². The van der Waals surface area contributed by atoms with Crippen LogP contribution in [0.1, 0.15) is 31.9 Å². The Morgan fingerprint density at radius 2 is 2.28 bits per heavy atom. The molecule has 0 bridgehead atoms. The Morgan fingerprint density at radius 1 is 1.44 bits per heavy atom. The maximum absolute atomic E-state index is 4.36. The summed E-state index contributed by atoms with van der Waals surface area (Å²) in [6, 6.07) is 7.61.